The van der Waals surface area contributed by atoms with E-state index in [-0.39, 0.29) is 25.0 Å². The number of carbonyl (C=O) groups is 2. The lowest BCUT2D eigenvalue weighted by Crippen LogP contribution is -2.33. The summed E-state index contributed by atoms with van der Waals surface area (Å²) in [6, 6.07) is 6.83. The second kappa shape index (κ2) is 31.9. The summed E-state index contributed by atoms with van der Waals surface area (Å²) in [4.78, 5) is 25.8. The van der Waals surface area contributed by atoms with Crippen molar-refractivity contribution < 1.29 is 57.0 Å². The zero-order chi connectivity index (χ0) is 34.9. The van der Waals surface area contributed by atoms with Crippen molar-refractivity contribution in [1.29, 1.82) is 0 Å². The Morgan fingerprint density at radius 2 is 0.673 bits per heavy atom. The van der Waals surface area contributed by atoms with Crippen LogP contribution in [-0.2, 0) is 47.4 Å². The van der Waals surface area contributed by atoms with Crippen LogP contribution in [0, 0.1) is 0 Å². The van der Waals surface area contributed by atoms with Crippen LogP contribution in [0.5, 0.6) is 0 Å². The van der Waals surface area contributed by atoms with Crippen molar-refractivity contribution in [2.24, 2.45) is 0 Å². The Labute approximate surface area is 293 Å². The quantitative estimate of drug-likeness (QED) is 0.0740. The highest BCUT2D eigenvalue weighted by Crippen LogP contribution is 2.21. The van der Waals surface area contributed by atoms with Gasteiger partial charge in [0, 0.05) is 6.61 Å². The standard InChI is InChI=1S/C36H61NO12/c1-2-3-4-5-6-9-13-40-15-17-42-19-21-44-23-25-46-27-29-48-31-32-49-30-28-47-26-24-45-22-20-43-18-16-41-14-12-37-35(38)33-10-7-8-11-34(33)36(37)39/h7-8,10-11H,2-6,9,12-32H2,1H3. The van der Waals surface area contributed by atoms with Crippen molar-refractivity contribution in [2.45, 2.75) is 45.4 Å². The van der Waals surface area contributed by atoms with Crippen molar-refractivity contribution in [3.63, 3.8) is 0 Å². The van der Waals surface area contributed by atoms with Crippen LogP contribution >= 0.6 is 0 Å². The van der Waals surface area contributed by atoms with Crippen LogP contribution in [0.4, 0.5) is 0 Å². The largest absolute Gasteiger partial charge is 0.379 e. The van der Waals surface area contributed by atoms with Crippen molar-refractivity contribution in [3.8, 4) is 0 Å². The Kier molecular flexibility index (Phi) is 28.1. The first-order chi connectivity index (χ1) is 24.3. The van der Waals surface area contributed by atoms with Gasteiger partial charge in [-0.25, -0.2) is 0 Å². The first-order valence-electron chi connectivity index (χ1n) is 18.0. The Bertz CT molecular complexity index is 902. The zero-order valence-electron chi connectivity index (χ0n) is 29.7. The molecule has 49 heavy (non-hydrogen) atoms. The Morgan fingerprint density at radius 3 is 1.02 bits per heavy atom. The molecule has 0 unspecified atom stereocenters. The van der Waals surface area contributed by atoms with Crippen molar-refractivity contribution in [3.05, 3.63) is 35.4 Å². The summed E-state index contributed by atoms with van der Waals surface area (Å²) in [5.41, 5.74) is 0.889. The highest BCUT2D eigenvalue weighted by Gasteiger charge is 2.34. The second-order valence-electron chi connectivity index (χ2n) is 11.2. The Balaban J connectivity index is 1.17. The van der Waals surface area contributed by atoms with Gasteiger partial charge in [-0.05, 0) is 18.6 Å². The van der Waals surface area contributed by atoms with Gasteiger partial charge in [-0.2, -0.15) is 0 Å². The fraction of sp³-hybridized carbons (Fsp3) is 0.778. The van der Waals surface area contributed by atoms with Crippen LogP contribution in [0.3, 0.4) is 0 Å². The van der Waals surface area contributed by atoms with Gasteiger partial charge in [-0.15, -0.1) is 0 Å². The number of nitrogens with zero attached hydrogens (tertiary/aromatic N) is 1. The third kappa shape index (κ3) is 22.4. The summed E-state index contributed by atoms with van der Waals surface area (Å²) in [5.74, 6) is -0.550. The molecule has 0 atom stereocenters. The molecule has 1 aliphatic heterocycles. The number of ether oxygens (including phenoxy) is 10. The highest BCUT2D eigenvalue weighted by atomic mass is 16.6. The maximum absolute atomic E-state index is 12.3. The monoisotopic (exact) mass is 699 g/mol. The number of imide groups is 1. The molecule has 1 aromatic carbocycles. The number of hydrogen-bond donors (Lipinski definition) is 0. The van der Waals surface area contributed by atoms with Crippen molar-refractivity contribution >= 4 is 11.8 Å². The average Bonchev–Trinajstić information content (AvgIpc) is 3.36. The normalized spacial score (nSPS) is 12.8. The number of unbranched alkanes of at least 4 members (excludes halogenated alkanes) is 5. The van der Waals surface area contributed by atoms with Gasteiger partial charge >= 0.3 is 0 Å². The third-order valence-electron chi connectivity index (χ3n) is 7.33. The third-order valence-corrected chi connectivity index (χ3v) is 7.33. The van der Waals surface area contributed by atoms with E-state index in [9.17, 15) is 9.59 Å². The number of benzene rings is 1. The van der Waals surface area contributed by atoms with Gasteiger partial charge in [0.2, 0.25) is 0 Å². The highest BCUT2D eigenvalue weighted by molar-refractivity contribution is 6.21. The van der Waals surface area contributed by atoms with Crippen LogP contribution in [0.15, 0.2) is 24.3 Å². The molecule has 0 saturated heterocycles. The molecule has 1 aromatic rings. The van der Waals surface area contributed by atoms with E-state index in [4.69, 9.17) is 47.4 Å². The summed E-state index contributed by atoms with van der Waals surface area (Å²) in [7, 11) is 0. The summed E-state index contributed by atoms with van der Waals surface area (Å²) in [6.45, 7) is 12.5. The van der Waals surface area contributed by atoms with E-state index in [1.165, 1.54) is 37.0 Å². The number of fused-ring (bicyclic) bond motifs is 1. The molecule has 13 heteroatoms. The molecule has 2 amide bonds. The minimum absolute atomic E-state index is 0.217. The molecular weight excluding hydrogens is 638 g/mol. The average molecular weight is 700 g/mol. The predicted molar refractivity (Wildman–Crippen MR) is 183 cm³/mol. The van der Waals surface area contributed by atoms with Crippen LogP contribution in [0.2, 0.25) is 0 Å². The van der Waals surface area contributed by atoms with Gasteiger partial charge in [0.15, 0.2) is 0 Å². The SMILES string of the molecule is CCCCCCCCOCCOCCOCCOCCOCCOCCOCCOCCOCCOCCN1C(=O)c2ccccc2C1=O. The predicted octanol–water partition coefficient (Wildman–Crippen LogP) is 3.81. The molecule has 282 valence electrons. The van der Waals surface area contributed by atoms with E-state index in [1.54, 1.807) is 24.3 Å². The molecule has 0 fully saturated rings. The fourth-order valence-electron chi connectivity index (χ4n) is 4.66. The first-order valence-corrected chi connectivity index (χ1v) is 18.0. The number of hydrogen-bond acceptors (Lipinski definition) is 12. The van der Waals surface area contributed by atoms with Crippen LogP contribution in [-0.4, -0.2) is 155 Å². The molecule has 0 aliphatic carbocycles. The first kappa shape index (κ1) is 43.1. The Morgan fingerprint density at radius 1 is 0.388 bits per heavy atom. The summed E-state index contributed by atoms with van der Waals surface area (Å²) >= 11 is 0. The Hall–Kier alpha value is -2.04. The molecule has 0 aromatic heterocycles. The van der Waals surface area contributed by atoms with E-state index in [2.05, 4.69) is 6.92 Å². The van der Waals surface area contributed by atoms with E-state index in [1.807, 2.05) is 0 Å². The van der Waals surface area contributed by atoms with Crippen LogP contribution in [0.1, 0.15) is 66.2 Å². The van der Waals surface area contributed by atoms with Crippen LogP contribution < -0.4 is 0 Å². The van der Waals surface area contributed by atoms with Crippen molar-refractivity contribution in [1.82, 2.24) is 4.90 Å². The summed E-state index contributed by atoms with van der Waals surface area (Å²) in [5, 5.41) is 0. The summed E-state index contributed by atoms with van der Waals surface area (Å²) < 4.78 is 55.0. The van der Waals surface area contributed by atoms with E-state index < -0.39 is 0 Å². The van der Waals surface area contributed by atoms with E-state index in [0.29, 0.717) is 130 Å². The molecule has 13 nitrogen and oxygen atoms in total. The van der Waals surface area contributed by atoms with Crippen LogP contribution in [0.25, 0.3) is 0 Å². The molecule has 0 N–H and O–H groups in total. The van der Waals surface area contributed by atoms with Gasteiger partial charge in [-0.3, -0.25) is 14.5 Å². The number of amides is 2. The molecule has 0 bridgehead atoms. The fourth-order valence-corrected chi connectivity index (χ4v) is 4.66. The topological polar surface area (TPSA) is 130 Å². The lowest BCUT2D eigenvalue weighted by molar-refractivity contribution is -0.0265. The minimum atomic E-state index is -0.275. The second-order valence-corrected chi connectivity index (χ2v) is 11.2. The molecular formula is C36H61NO12. The maximum atomic E-state index is 12.3. The van der Waals surface area contributed by atoms with Gasteiger partial charge in [0.1, 0.15) is 0 Å². The van der Waals surface area contributed by atoms with E-state index >= 15 is 0 Å². The van der Waals surface area contributed by atoms with Gasteiger partial charge in [-0.1, -0.05) is 51.2 Å². The number of carbonyl (C=O) groups excluding carboxylic acids is 2. The smallest absolute Gasteiger partial charge is 0.261 e. The van der Waals surface area contributed by atoms with Gasteiger partial charge in [0.25, 0.3) is 11.8 Å². The van der Waals surface area contributed by atoms with E-state index in [0.717, 1.165) is 13.0 Å². The molecule has 1 aliphatic rings. The number of rotatable bonds is 37. The lowest BCUT2D eigenvalue weighted by atomic mass is 10.1. The molecule has 0 saturated carbocycles. The molecule has 2 rings (SSSR count). The maximum Gasteiger partial charge on any atom is 0.261 e. The molecule has 1 heterocycles. The van der Waals surface area contributed by atoms with Crippen molar-refractivity contribution in [2.75, 3.05) is 139 Å². The zero-order valence-corrected chi connectivity index (χ0v) is 29.7. The molecule has 0 spiro atoms. The lowest BCUT2D eigenvalue weighted by Gasteiger charge is -2.13. The molecule has 0 radical (unpaired) electrons. The summed E-state index contributed by atoms with van der Waals surface area (Å²) in [6.07, 6.45) is 7.65. The van der Waals surface area contributed by atoms with Gasteiger partial charge in [0.05, 0.1) is 143 Å². The van der Waals surface area contributed by atoms with Gasteiger partial charge < -0.3 is 47.4 Å². The minimum Gasteiger partial charge on any atom is -0.379 e.